The van der Waals surface area contributed by atoms with Crippen molar-refractivity contribution in [2.75, 3.05) is 20.3 Å². The van der Waals surface area contributed by atoms with Crippen molar-refractivity contribution in [1.82, 2.24) is 15.1 Å². The van der Waals surface area contributed by atoms with Crippen molar-refractivity contribution < 1.29 is 4.74 Å². The molecule has 2 heterocycles. The molecule has 1 aromatic heterocycles. The molecule has 0 bridgehead atoms. The van der Waals surface area contributed by atoms with Crippen LogP contribution in [0.5, 0.6) is 0 Å². The van der Waals surface area contributed by atoms with E-state index in [1.54, 1.807) is 13.3 Å². The van der Waals surface area contributed by atoms with Crippen LogP contribution < -0.4 is 5.32 Å². The van der Waals surface area contributed by atoms with E-state index in [0.29, 0.717) is 6.61 Å². The number of rotatable bonds is 5. The number of halogens is 1. The summed E-state index contributed by atoms with van der Waals surface area (Å²) in [5.74, 6) is 0.719. The van der Waals surface area contributed by atoms with E-state index < -0.39 is 0 Å². The molecule has 1 aromatic rings. The number of hydrogen-bond acceptors (Lipinski definition) is 3. The molecule has 1 aliphatic heterocycles. The number of nitrogens with one attached hydrogen (secondary N) is 1. The van der Waals surface area contributed by atoms with Crippen LogP contribution in [0.15, 0.2) is 6.20 Å². The van der Waals surface area contributed by atoms with Crippen molar-refractivity contribution in [3.05, 3.63) is 16.9 Å². The van der Waals surface area contributed by atoms with Gasteiger partial charge in [0, 0.05) is 7.11 Å². The molecule has 1 unspecified atom stereocenters. The van der Waals surface area contributed by atoms with Gasteiger partial charge in [0.25, 0.3) is 0 Å². The van der Waals surface area contributed by atoms with E-state index in [0.717, 1.165) is 24.0 Å². The van der Waals surface area contributed by atoms with Gasteiger partial charge in [0.2, 0.25) is 0 Å². The molecule has 0 radical (unpaired) electrons. The minimum Gasteiger partial charge on any atom is -0.383 e. The summed E-state index contributed by atoms with van der Waals surface area (Å²) in [6.45, 7) is 2.53. The molecule has 2 fully saturated rings. The lowest BCUT2D eigenvalue weighted by Gasteiger charge is -2.35. The summed E-state index contributed by atoms with van der Waals surface area (Å²) >= 11 is 6.51. The normalized spacial score (nSPS) is 27.5. The van der Waals surface area contributed by atoms with Crippen LogP contribution in [0.2, 0.25) is 5.02 Å². The predicted octanol–water partition coefficient (Wildman–Crippen LogP) is 2.95. The summed E-state index contributed by atoms with van der Waals surface area (Å²) in [6.07, 6.45) is 9.43. The summed E-state index contributed by atoms with van der Waals surface area (Å²) in [5, 5.41) is 9.12. The number of hydrogen-bond donors (Lipinski definition) is 1. The van der Waals surface area contributed by atoms with E-state index in [1.165, 1.54) is 44.2 Å². The average Bonchev–Trinajstić information content (AvgIpc) is 3.24. The Kier molecular flexibility index (Phi) is 4.34. The summed E-state index contributed by atoms with van der Waals surface area (Å²) in [5.41, 5.74) is 1.23. The van der Waals surface area contributed by atoms with Crippen molar-refractivity contribution in [3.8, 4) is 0 Å². The van der Waals surface area contributed by atoms with Gasteiger partial charge in [-0.1, -0.05) is 24.4 Å². The maximum atomic E-state index is 6.51. The SMILES string of the molecule is COCCn1ncc(Cl)c1C1(C2CC2)CCCCCN1. The monoisotopic (exact) mass is 297 g/mol. The highest BCUT2D eigenvalue weighted by atomic mass is 35.5. The summed E-state index contributed by atoms with van der Waals surface area (Å²) in [7, 11) is 1.73. The molecular formula is C15H24ClN3O. The van der Waals surface area contributed by atoms with Gasteiger partial charge in [0.1, 0.15) is 0 Å². The average molecular weight is 298 g/mol. The fraction of sp³-hybridized carbons (Fsp3) is 0.800. The Hall–Kier alpha value is -0.580. The fourth-order valence-corrected chi connectivity index (χ4v) is 3.89. The molecule has 1 saturated heterocycles. The molecule has 1 aliphatic carbocycles. The molecule has 0 amide bonds. The highest BCUT2D eigenvalue weighted by Gasteiger charge is 2.49. The topological polar surface area (TPSA) is 39.1 Å². The fourth-order valence-electron chi connectivity index (χ4n) is 3.58. The van der Waals surface area contributed by atoms with Crippen LogP contribution in [0.25, 0.3) is 0 Å². The van der Waals surface area contributed by atoms with E-state index in [1.807, 2.05) is 0 Å². The van der Waals surface area contributed by atoms with Crippen LogP contribution >= 0.6 is 11.6 Å². The Labute approximate surface area is 125 Å². The number of aromatic nitrogens is 2. The van der Waals surface area contributed by atoms with Crippen molar-refractivity contribution in [3.63, 3.8) is 0 Å². The quantitative estimate of drug-likeness (QED) is 0.908. The Morgan fingerprint density at radius 3 is 3.05 bits per heavy atom. The van der Waals surface area contributed by atoms with Gasteiger partial charge in [-0.15, -0.1) is 0 Å². The highest BCUT2D eigenvalue weighted by molar-refractivity contribution is 6.31. The Morgan fingerprint density at radius 1 is 1.45 bits per heavy atom. The smallest absolute Gasteiger partial charge is 0.0837 e. The van der Waals surface area contributed by atoms with Crippen molar-refractivity contribution in [2.24, 2.45) is 5.92 Å². The molecule has 1 atom stereocenters. The molecule has 1 saturated carbocycles. The third-order valence-corrected chi connectivity index (χ3v) is 4.96. The predicted molar refractivity (Wildman–Crippen MR) is 80.0 cm³/mol. The van der Waals surface area contributed by atoms with Crippen LogP contribution in [0.3, 0.4) is 0 Å². The minimum atomic E-state index is 0.0395. The van der Waals surface area contributed by atoms with E-state index in [-0.39, 0.29) is 5.54 Å². The van der Waals surface area contributed by atoms with E-state index in [2.05, 4.69) is 15.1 Å². The summed E-state index contributed by atoms with van der Waals surface area (Å²) in [6, 6.07) is 0. The largest absolute Gasteiger partial charge is 0.383 e. The molecule has 1 N–H and O–H groups in total. The Balaban J connectivity index is 1.96. The van der Waals surface area contributed by atoms with Crippen molar-refractivity contribution in [2.45, 2.75) is 50.6 Å². The van der Waals surface area contributed by atoms with Crippen LogP contribution in [-0.2, 0) is 16.8 Å². The maximum Gasteiger partial charge on any atom is 0.0837 e. The second-order valence-electron chi connectivity index (χ2n) is 6.04. The Morgan fingerprint density at radius 2 is 2.30 bits per heavy atom. The van der Waals surface area contributed by atoms with Crippen LogP contribution in [0, 0.1) is 5.92 Å². The first-order valence-electron chi connectivity index (χ1n) is 7.73. The van der Waals surface area contributed by atoms with Crippen LogP contribution in [0.4, 0.5) is 0 Å². The van der Waals surface area contributed by atoms with Gasteiger partial charge in [-0.3, -0.25) is 4.68 Å². The van der Waals surface area contributed by atoms with Gasteiger partial charge >= 0.3 is 0 Å². The molecule has 0 aromatic carbocycles. The first kappa shape index (κ1) is 14.4. The second kappa shape index (κ2) is 6.04. The lowest BCUT2D eigenvalue weighted by molar-refractivity contribution is 0.175. The number of ether oxygens (including phenoxy) is 1. The van der Waals surface area contributed by atoms with Gasteiger partial charge in [0.15, 0.2) is 0 Å². The third kappa shape index (κ3) is 2.61. The minimum absolute atomic E-state index is 0.0395. The molecule has 3 rings (SSSR count). The molecule has 112 valence electrons. The highest BCUT2D eigenvalue weighted by Crippen LogP contribution is 2.50. The molecular weight excluding hydrogens is 274 g/mol. The number of nitrogens with zero attached hydrogens (tertiary/aromatic N) is 2. The van der Waals surface area contributed by atoms with Crippen LogP contribution in [0.1, 0.15) is 44.2 Å². The van der Waals surface area contributed by atoms with E-state index in [4.69, 9.17) is 16.3 Å². The van der Waals surface area contributed by atoms with Gasteiger partial charge in [-0.25, -0.2) is 0 Å². The molecule has 20 heavy (non-hydrogen) atoms. The maximum absolute atomic E-state index is 6.51. The molecule has 0 spiro atoms. The summed E-state index contributed by atoms with van der Waals surface area (Å²) < 4.78 is 7.26. The zero-order chi connectivity index (χ0) is 14.0. The van der Waals surface area contributed by atoms with E-state index in [9.17, 15) is 0 Å². The molecule has 2 aliphatic rings. The Bertz CT molecular complexity index is 448. The van der Waals surface area contributed by atoms with Gasteiger partial charge in [-0.05, 0) is 38.1 Å². The second-order valence-corrected chi connectivity index (χ2v) is 6.45. The summed E-state index contributed by atoms with van der Waals surface area (Å²) in [4.78, 5) is 0. The zero-order valence-corrected chi connectivity index (χ0v) is 13.0. The van der Waals surface area contributed by atoms with Gasteiger partial charge in [0.05, 0.1) is 35.6 Å². The first-order valence-corrected chi connectivity index (χ1v) is 8.11. The third-order valence-electron chi connectivity index (χ3n) is 4.69. The van der Waals surface area contributed by atoms with Crippen LogP contribution in [-0.4, -0.2) is 30.0 Å². The molecule has 5 heteroatoms. The molecule has 4 nitrogen and oxygen atoms in total. The van der Waals surface area contributed by atoms with Gasteiger partial charge < -0.3 is 10.1 Å². The van der Waals surface area contributed by atoms with Gasteiger partial charge in [-0.2, -0.15) is 5.10 Å². The van der Waals surface area contributed by atoms with Crippen molar-refractivity contribution >= 4 is 11.6 Å². The number of methoxy groups -OCH3 is 1. The van der Waals surface area contributed by atoms with Crippen molar-refractivity contribution in [1.29, 1.82) is 0 Å². The van der Waals surface area contributed by atoms with E-state index >= 15 is 0 Å². The lowest BCUT2D eigenvalue weighted by Crippen LogP contribution is -2.46. The lowest BCUT2D eigenvalue weighted by atomic mass is 9.84. The standard InChI is InChI=1S/C15H24ClN3O/c1-20-10-9-19-14(13(16)11-18-19)15(12-5-6-12)7-3-2-4-8-17-15/h11-12,17H,2-10H2,1H3. The first-order chi connectivity index (χ1) is 9.78. The zero-order valence-electron chi connectivity index (χ0n) is 12.2.